The van der Waals surface area contributed by atoms with E-state index in [1.54, 1.807) is 24.4 Å². The van der Waals surface area contributed by atoms with Crippen LogP contribution in [0.15, 0.2) is 48.7 Å². The molecule has 0 amide bonds. The number of aromatic nitrogens is 5. The highest BCUT2D eigenvalue weighted by Gasteiger charge is 2.15. The summed E-state index contributed by atoms with van der Waals surface area (Å²) in [4.78, 5) is 14.4. The summed E-state index contributed by atoms with van der Waals surface area (Å²) < 4.78 is 6.82. The van der Waals surface area contributed by atoms with Crippen molar-refractivity contribution < 1.29 is 14.8 Å². The predicted octanol–water partition coefficient (Wildman–Crippen LogP) is 1.08. The fourth-order valence-corrected chi connectivity index (χ4v) is 2.14. The standard InChI is InChI=1S/C15H14N6O4/c22-12(10-25-13-5-3-4-11(8-13)21(23)24)9-20-15(17-18-19-20)14-6-1-2-7-16-14/h1-8,12,22H,9-10H2/t12-/m0/s1. The van der Waals surface area contributed by atoms with E-state index in [2.05, 4.69) is 20.5 Å². The summed E-state index contributed by atoms with van der Waals surface area (Å²) in [5.74, 6) is 0.727. The summed E-state index contributed by atoms with van der Waals surface area (Å²) >= 11 is 0. The second-order valence-corrected chi connectivity index (χ2v) is 5.12. The third kappa shape index (κ3) is 4.12. The number of pyridine rings is 1. The molecule has 10 heteroatoms. The summed E-state index contributed by atoms with van der Waals surface area (Å²) in [6.45, 7) is 0.0243. The smallest absolute Gasteiger partial charge is 0.273 e. The zero-order valence-corrected chi connectivity index (χ0v) is 13.0. The molecule has 0 aliphatic carbocycles. The number of aliphatic hydroxyl groups excluding tert-OH is 1. The zero-order chi connectivity index (χ0) is 17.6. The summed E-state index contributed by atoms with van der Waals surface area (Å²) in [7, 11) is 0. The number of ether oxygens (including phenoxy) is 1. The zero-order valence-electron chi connectivity index (χ0n) is 13.0. The first-order chi connectivity index (χ1) is 12.1. The highest BCUT2D eigenvalue weighted by Crippen LogP contribution is 2.19. The van der Waals surface area contributed by atoms with Gasteiger partial charge in [-0.05, 0) is 28.6 Å². The normalized spacial score (nSPS) is 11.9. The summed E-state index contributed by atoms with van der Waals surface area (Å²) in [6, 6.07) is 11.1. The monoisotopic (exact) mass is 342 g/mol. The van der Waals surface area contributed by atoms with E-state index in [4.69, 9.17) is 4.74 Å². The summed E-state index contributed by atoms with van der Waals surface area (Å²) in [6.07, 6.45) is 0.709. The van der Waals surface area contributed by atoms with E-state index in [-0.39, 0.29) is 18.8 Å². The molecule has 10 nitrogen and oxygen atoms in total. The van der Waals surface area contributed by atoms with Crippen LogP contribution in [-0.4, -0.2) is 47.9 Å². The van der Waals surface area contributed by atoms with E-state index < -0.39 is 11.0 Å². The van der Waals surface area contributed by atoms with E-state index in [9.17, 15) is 15.2 Å². The summed E-state index contributed by atoms with van der Waals surface area (Å²) in [5, 5.41) is 32.2. The molecular formula is C15H14N6O4. The van der Waals surface area contributed by atoms with Gasteiger partial charge in [-0.15, -0.1) is 5.10 Å². The number of hydrogen-bond donors (Lipinski definition) is 1. The van der Waals surface area contributed by atoms with Crippen molar-refractivity contribution in [3.63, 3.8) is 0 Å². The van der Waals surface area contributed by atoms with Crippen molar-refractivity contribution in [1.29, 1.82) is 0 Å². The number of benzene rings is 1. The number of hydrogen-bond acceptors (Lipinski definition) is 8. The predicted molar refractivity (Wildman–Crippen MR) is 85.6 cm³/mol. The maximum atomic E-state index is 10.7. The molecule has 0 saturated heterocycles. The van der Waals surface area contributed by atoms with Gasteiger partial charge in [0.15, 0.2) is 0 Å². The largest absolute Gasteiger partial charge is 0.491 e. The molecule has 3 rings (SSSR count). The Morgan fingerprint density at radius 3 is 2.92 bits per heavy atom. The first-order valence-corrected chi connectivity index (χ1v) is 7.36. The molecule has 0 aliphatic rings. The van der Waals surface area contributed by atoms with Crippen LogP contribution in [0.1, 0.15) is 0 Å². The van der Waals surface area contributed by atoms with Gasteiger partial charge in [-0.1, -0.05) is 12.1 Å². The van der Waals surface area contributed by atoms with Crippen LogP contribution >= 0.6 is 0 Å². The number of tetrazole rings is 1. The minimum Gasteiger partial charge on any atom is -0.491 e. The molecule has 0 radical (unpaired) electrons. The van der Waals surface area contributed by atoms with Crippen LogP contribution in [0.25, 0.3) is 11.5 Å². The molecule has 1 N–H and O–H groups in total. The average Bonchev–Trinajstić information content (AvgIpc) is 3.09. The topological polar surface area (TPSA) is 129 Å². The van der Waals surface area contributed by atoms with Gasteiger partial charge in [0.05, 0.1) is 17.5 Å². The van der Waals surface area contributed by atoms with E-state index in [0.717, 1.165) is 0 Å². The Hall–Kier alpha value is -3.40. The molecule has 0 bridgehead atoms. The highest BCUT2D eigenvalue weighted by atomic mass is 16.6. The Labute approximate surface area is 141 Å². The van der Waals surface area contributed by atoms with Crippen LogP contribution in [0.2, 0.25) is 0 Å². The SMILES string of the molecule is O=[N+]([O-])c1cccc(OC[C@@H](O)Cn2nnnc2-c2ccccn2)c1. The molecule has 3 aromatic rings. The molecular weight excluding hydrogens is 328 g/mol. The Morgan fingerprint density at radius 1 is 1.28 bits per heavy atom. The Balaban J connectivity index is 1.62. The van der Waals surface area contributed by atoms with Crippen LogP contribution < -0.4 is 4.74 Å². The molecule has 2 aromatic heterocycles. The van der Waals surface area contributed by atoms with Crippen molar-refractivity contribution in [3.8, 4) is 17.3 Å². The molecule has 1 aromatic carbocycles. The van der Waals surface area contributed by atoms with E-state index in [1.807, 2.05) is 6.07 Å². The van der Waals surface area contributed by atoms with Gasteiger partial charge in [0.1, 0.15) is 24.2 Å². The molecule has 1 atom stereocenters. The second kappa shape index (κ2) is 7.45. The van der Waals surface area contributed by atoms with Gasteiger partial charge >= 0.3 is 0 Å². The Morgan fingerprint density at radius 2 is 2.16 bits per heavy atom. The fourth-order valence-electron chi connectivity index (χ4n) is 2.14. The number of non-ortho nitro benzene ring substituents is 1. The second-order valence-electron chi connectivity index (χ2n) is 5.12. The lowest BCUT2D eigenvalue weighted by Crippen LogP contribution is -2.24. The van der Waals surface area contributed by atoms with Crippen LogP contribution in [-0.2, 0) is 6.54 Å². The Bertz CT molecular complexity index is 854. The third-order valence-corrected chi connectivity index (χ3v) is 3.28. The number of nitrogens with zero attached hydrogens (tertiary/aromatic N) is 6. The van der Waals surface area contributed by atoms with Crippen LogP contribution in [0.3, 0.4) is 0 Å². The molecule has 128 valence electrons. The average molecular weight is 342 g/mol. The van der Waals surface area contributed by atoms with Gasteiger partial charge in [0.25, 0.3) is 5.69 Å². The van der Waals surface area contributed by atoms with Gasteiger partial charge in [-0.3, -0.25) is 15.1 Å². The van der Waals surface area contributed by atoms with Crippen molar-refractivity contribution in [2.45, 2.75) is 12.6 Å². The van der Waals surface area contributed by atoms with Gasteiger partial charge < -0.3 is 9.84 Å². The minimum atomic E-state index is -0.912. The Kier molecular flexibility index (Phi) is 4.90. The molecule has 0 fully saturated rings. The van der Waals surface area contributed by atoms with E-state index in [1.165, 1.54) is 22.9 Å². The lowest BCUT2D eigenvalue weighted by atomic mass is 10.3. The van der Waals surface area contributed by atoms with Gasteiger partial charge in [-0.25, -0.2) is 4.68 Å². The quantitative estimate of drug-likeness (QED) is 0.499. The van der Waals surface area contributed by atoms with Crippen LogP contribution in [0.4, 0.5) is 5.69 Å². The van der Waals surface area contributed by atoms with Crippen molar-refractivity contribution in [2.75, 3.05) is 6.61 Å². The first-order valence-electron chi connectivity index (χ1n) is 7.36. The lowest BCUT2D eigenvalue weighted by molar-refractivity contribution is -0.384. The molecule has 25 heavy (non-hydrogen) atoms. The fraction of sp³-hybridized carbons (Fsp3) is 0.200. The van der Waals surface area contributed by atoms with Crippen molar-refractivity contribution >= 4 is 5.69 Å². The number of nitro groups is 1. The van der Waals surface area contributed by atoms with E-state index in [0.29, 0.717) is 17.3 Å². The van der Waals surface area contributed by atoms with Gasteiger partial charge in [0, 0.05) is 12.3 Å². The lowest BCUT2D eigenvalue weighted by Gasteiger charge is -2.12. The maximum absolute atomic E-state index is 10.7. The molecule has 0 saturated carbocycles. The molecule has 0 unspecified atom stereocenters. The number of aliphatic hydroxyl groups is 1. The van der Waals surface area contributed by atoms with E-state index >= 15 is 0 Å². The van der Waals surface area contributed by atoms with Crippen molar-refractivity contribution in [3.05, 3.63) is 58.8 Å². The van der Waals surface area contributed by atoms with Crippen LogP contribution in [0, 0.1) is 10.1 Å². The molecule has 0 spiro atoms. The summed E-state index contributed by atoms with van der Waals surface area (Å²) in [5.41, 5.74) is 0.504. The van der Waals surface area contributed by atoms with Crippen LogP contribution in [0.5, 0.6) is 5.75 Å². The molecule has 0 aliphatic heterocycles. The van der Waals surface area contributed by atoms with Crippen molar-refractivity contribution in [1.82, 2.24) is 25.2 Å². The number of nitro benzene ring substituents is 1. The van der Waals surface area contributed by atoms with Gasteiger partial charge in [-0.2, -0.15) is 0 Å². The number of rotatable bonds is 7. The first kappa shape index (κ1) is 16.5. The highest BCUT2D eigenvalue weighted by molar-refractivity contribution is 5.47. The molecule has 2 heterocycles. The minimum absolute atomic E-state index is 0.0668. The maximum Gasteiger partial charge on any atom is 0.273 e. The van der Waals surface area contributed by atoms with Crippen molar-refractivity contribution in [2.24, 2.45) is 0 Å². The third-order valence-electron chi connectivity index (χ3n) is 3.28. The van der Waals surface area contributed by atoms with Gasteiger partial charge in [0.2, 0.25) is 5.82 Å².